The van der Waals surface area contributed by atoms with Crippen molar-refractivity contribution in [2.75, 3.05) is 6.61 Å². The van der Waals surface area contributed by atoms with Crippen molar-refractivity contribution in [3.8, 4) is 6.07 Å². The molecule has 0 saturated carbocycles. The summed E-state index contributed by atoms with van der Waals surface area (Å²) in [6.45, 7) is 1.07. The van der Waals surface area contributed by atoms with Gasteiger partial charge in [-0.3, -0.25) is 4.79 Å². The molecule has 0 rings (SSSR count). The van der Waals surface area contributed by atoms with E-state index in [1.165, 1.54) is 6.08 Å². The topological polar surface area (TPSA) is 87.4 Å². The van der Waals surface area contributed by atoms with Crippen molar-refractivity contribution in [2.24, 2.45) is 0 Å². The Morgan fingerprint density at radius 3 is 2.64 bits per heavy atom. The smallest absolute Gasteiger partial charge is 0.356 e. The monoisotopic (exact) mass is 197 g/mol. The SMILES string of the molecule is CC(=O)OC(=O)C(C#N)=CCCCO. The third kappa shape index (κ3) is 5.06. The molecule has 0 fully saturated rings. The molecule has 0 saturated heterocycles. The number of hydrogen-bond acceptors (Lipinski definition) is 5. The number of aliphatic hydroxyl groups is 1. The van der Waals surface area contributed by atoms with E-state index in [1.54, 1.807) is 6.07 Å². The summed E-state index contributed by atoms with van der Waals surface area (Å²) in [4.78, 5) is 21.4. The van der Waals surface area contributed by atoms with Crippen LogP contribution in [-0.4, -0.2) is 23.7 Å². The zero-order chi connectivity index (χ0) is 11.0. The van der Waals surface area contributed by atoms with E-state index < -0.39 is 11.9 Å². The van der Waals surface area contributed by atoms with Crippen molar-refractivity contribution >= 4 is 11.9 Å². The molecule has 76 valence electrons. The average Bonchev–Trinajstić information content (AvgIpc) is 2.11. The molecular formula is C9H11NO4. The number of esters is 2. The number of nitriles is 1. The molecule has 0 amide bonds. The first-order valence-corrected chi connectivity index (χ1v) is 4.05. The Bertz CT molecular complexity index is 288. The molecule has 0 spiro atoms. The van der Waals surface area contributed by atoms with Gasteiger partial charge in [-0.25, -0.2) is 4.79 Å². The molecule has 5 nitrogen and oxygen atoms in total. The molecule has 0 heterocycles. The fourth-order valence-corrected chi connectivity index (χ4v) is 0.698. The lowest BCUT2D eigenvalue weighted by Gasteiger charge is -1.97. The van der Waals surface area contributed by atoms with Gasteiger partial charge in [-0.15, -0.1) is 0 Å². The number of nitrogens with zero attached hydrogens (tertiary/aromatic N) is 1. The van der Waals surface area contributed by atoms with E-state index in [9.17, 15) is 9.59 Å². The zero-order valence-electron chi connectivity index (χ0n) is 7.82. The van der Waals surface area contributed by atoms with E-state index in [1.807, 2.05) is 0 Å². The third-order valence-electron chi connectivity index (χ3n) is 1.29. The van der Waals surface area contributed by atoms with Gasteiger partial charge in [-0.05, 0) is 12.8 Å². The summed E-state index contributed by atoms with van der Waals surface area (Å²) in [7, 11) is 0. The second kappa shape index (κ2) is 6.80. The summed E-state index contributed by atoms with van der Waals surface area (Å²) in [6.07, 6.45) is 2.19. The third-order valence-corrected chi connectivity index (χ3v) is 1.29. The molecule has 0 aromatic heterocycles. The Labute approximate surface area is 81.6 Å². The van der Waals surface area contributed by atoms with Crippen molar-refractivity contribution < 1.29 is 19.4 Å². The first kappa shape index (κ1) is 12.3. The Morgan fingerprint density at radius 2 is 2.21 bits per heavy atom. The van der Waals surface area contributed by atoms with Crippen molar-refractivity contribution in [3.63, 3.8) is 0 Å². The van der Waals surface area contributed by atoms with E-state index in [2.05, 4.69) is 4.74 Å². The van der Waals surface area contributed by atoms with Gasteiger partial charge in [0.2, 0.25) is 0 Å². The number of aliphatic hydroxyl groups excluding tert-OH is 1. The van der Waals surface area contributed by atoms with E-state index >= 15 is 0 Å². The van der Waals surface area contributed by atoms with Gasteiger partial charge in [0, 0.05) is 13.5 Å². The summed E-state index contributed by atoms with van der Waals surface area (Å²) in [5.41, 5.74) is -0.214. The van der Waals surface area contributed by atoms with E-state index in [-0.39, 0.29) is 12.2 Å². The summed E-state index contributed by atoms with van der Waals surface area (Å²) < 4.78 is 4.20. The van der Waals surface area contributed by atoms with Crippen LogP contribution in [0.5, 0.6) is 0 Å². The van der Waals surface area contributed by atoms with Gasteiger partial charge in [0.1, 0.15) is 11.6 Å². The van der Waals surface area contributed by atoms with E-state index in [0.29, 0.717) is 12.8 Å². The van der Waals surface area contributed by atoms with Crippen LogP contribution in [0.15, 0.2) is 11.6 Å². The number of unbranched alkanes of at least 4 members (excludes halogenated alkanes) is 1. The first-order chi connectivity index (χ1) is 6.61. The fourth-order valence-electron chi connectivity index (χ4n) is 0.698. The van der Waals surface area contributed by atoms with Gasteiger partial charge in [0.05, 0.1) is 0 Å². The van der Waals surface area contributed by atoms with Crippen molar-refractivity contribution in [2.45, 2.75) is 19.8 Å². The normalized spacial score (nSPS) is 10.5. The van der Waals surface area contributed by atoms with Gasteiger partial charge >= 0.3 is 11.9 Å². The largest absolute Gasteiger partial charge is 0.396 e. The Morgan fingerprint density at radius 1 is 1.57 bits per heavy atom. The second-order valence-electron chi connectivity index (χ2n) is 2.48. The van der Waals surface area contributed by atoms with Crippen molar-refractivity contribution in [3.05, 3.63) is 11.6 Å². The number of carbonyl (C=O) groups is 2. The van der Waals surface area contributed by atoms with Crippen LogP contribution in [0.2, 0.25) is 0 Å². The summed E-state index contributed by atoms with van der Waals surface area (Å²) >= 11 is 0. The van der Waals surface area contributed by atoms with Gasteiger partial charge in [0.15, 0.2) is 0 Å². The highest BCUT2D eigenvalue weighted by molar-refractivity contribution is 5.98. The van der Waals surface area contributed by atoms with Gasteiger partial charge in [0.25, 0.3) is 0 Å². The van der Waals surface area contributed by atoms with Crippen LogP contribution in [-0.2, 0) is 14.3 Å². The number of carbonyl (C=O) groups excluding carboxylic acids is 2. The highest BCUT2D eigenvalue weighted by atomic mass is 16.6. The minimum atomic E-state index is -0.946. The quantitative estimate of drug-likeness (QED) is 0.230. The number of allylic oxidation sites excluding steroid dienone is 1. The summed E-state index contributed by atoms with van der Waals surface area (Å²) in [6, 6.07) is 1.62. The minimum Gasteiger partial charge on any atom is -0.396 e. The predicted octanol–water partition coefficient (Wildman–Crippen LogP) is 0.299. The zero-order valence-corrected chi connectivity index (χ0v) is 7.82. The molecule has 1 N–H and O–H groups in total. The highest BCUT2D eigenvalue weighted by Gasteiger charge is 2.11. The Balaban J connectivity index is 4.27. The molecule has 0 aliphatic rings. The van der Waals surface area contributed by atoms with Crippen molar-refractivity contribution in [1.82, 2.24) is 0 Å². The standard InChI is InChI=1S/C9H11NO4/c1-7(12)14-9(13)8(6-10)4-2-3-5-11/h4,11H,2-3,5H2,1H3. The maximum atomic E-state index is 11.0. The molecule has 0 bridgehead atoms. The average molecular weight is 197 g/mol. The van der Waals surface area contributed by atoms with Crippen LogP contribution < -0.4 is 0 Å². The predicted molar refractivity (Wildman–Crippen MR) is 46.8 cm³/mol. The van der Waals surface area contributed by atoms with E-state index in [4.69, 9.17) is 10.4 Å². The maximum Gasteiger partial charge on any atom is 0.356 e. The lowest BCUT2D eigenvalue weighted by Crippen LogP contribution is -2.10. The van der Waals surface area contributed by atoms with Crippen molar-refractivity contribution in [1.29, 1.82) is 5.26 Å². The summed E-state index contributed by atoms with van der Waals surface area (Å²) in [5.74, 6) is -1.70. The number of rotatable bonds is 4. The lowest BCUT2D eigenvalue weighted by atomic mass is 10.2. The minimum absolute atomic E-state index is 0.0169. The molecule has 0 aromatic rings. The molecule has 0 unspecified atom stereocenters. The molecule has 0 radical (unpaired) electrons. The number of ether oxygens (including phenoxy) is 1. The molecule has 0 atom stereocenters. The van der Waals surface area contributed by atoms with Crippen LogP contribution in [0.1, 0.15) is 19.8 Å². The van der Waals surface area contributed by atoms with Crippen LogP contribution >= 0.6 is 0 Å². The maximum absolute atomic E-state index is 11.0. The Kier molecular flexibility index (Phi) is 5.99. The molecule has 5 heteroatoms. The van der Waals surface area contributed by atoms with Crippen LogP contribution in [0, 0.1) is 11.3 Å². The molecule has 0 aliphatic carbocycles. The highest BCUT2D eigenvalue weighted by Crippen LogP contribution is 2.01. The van der Waals surface area contributed by atoms with Crippen LogP contribution in [0.3, 0.4) is 0 Å². The van der Waals surface area contributed by atoms with Gasteiger partial charge in [-0.2, -0.15) is 5.26 Å². The fraction of sp³-hybridized carbons (Fsp3) is 0.444. The molecule has 0 aromatic carbocycles. The van der Waals surface area contributed by atoms with Gasteiger partial charge in [-0.1, -0.05) is 6.08 Å². The van der Waals surface area contributed by atoms with Crippen LogP contribution in [0.25, 0.3) is 0 Å². The van der Waals surface area contributed by atoms with Gasteiger partial charge < -0.3 is 9.84 Å². The van der Waals surface area contributed by atoms with E-state index in [0.717, 1.165) is 6.92 Å². The summed E-state index contributed by atoms with van der Waals surface area (Å²) in [5, 5.41) is 17.0. The molecular weight excluding hydrogens is 186 g/mol. The van der Waals surface area contributed by atoms with Crippen LogP contribution in [0.4, 0.5) is 0 Å². The first-order valence-electron chi connectivity index (χ1n) is 4.05. The lowest BCUT2D eigenvalue weighted by molar-refractivity contribution is -0.154. The molecule has 0 aliphatic heterocycles. The Hall–Kier alpha value is -1.67. The number of hydrogen-bond donors (Lipinski definition) is 1. The molecule has 14 heavy (non-hydrogen) atoms. The second-order valence-corrected chi connectivity index (χ2v) is 2.48.